The lowest BCUT2D eigenvalue weighted by Crippen LogP contribution is -2.09. The molecule has 1 aromatic heterocycles. The molecular weight excluding hydrogens is 252 g/mol. The van der Waals surface area contributed by atoms with Crippen molar-refractivity contribution in [2.75, 3.05) is 13.6 Å². The molecule has 2 rings (SSSR count). The van der Waals surface area contributed by atoms with Crippen LogP contribution < -0.4 is 5.32 Å². The normalized spacial score (nSPS) is 11.2. The summed E-state index contributed by atoms with van der Waals surface area (Å²) in [6.45, 7) is 7.59. The highest BCUT2D eigenvalue weighted by Crippen LogP contribution is 2.28. The van der Waals surface area contributed by atoms with Crippen LogP contribution in [0.25, 0.3) is 11.3 Å². The van der Waals surface area contributed by atoms with Crippen molar-refractivity contribution in [1.29, 1.82) is 0 Å². The van der Waals surface area contributed by atoms with Gasteiger partial charge < -0.3 is 5.32 Å². The van der Waals surface area contributed by atoms with Gasteiger partial charge in [0.1, 0.15) is 0 Å². The molecule has 1 aromatic carbocycles. The lowest BCUT2D eigenvalue weighted by atomic mass is 10.0. The summed E-state index contributed by atoms with van der Waals surface area (Å²) >= 11 is 1.81. The van der Waals surface area contributed by atoms with Gasteiger partial charge in [-0.1, -0.05) is 38.1 Å². The van der Waals surface area contributed by atoms with Crippen LogP contribution in [0.1, 0.15) is 35.2 Å². The Morgan fingerprint density at radius 3 is 2.47 bits per heavy atom. The summed E-state index contributed by atoms with van der Waals surface area (Å²) in [7, 11) is 1.98. The van der Waals surface area contributed by atoms with E-state index in [0.29, 0.717) is 5.92 Å². The standard InChI is InChI=1S/C16H22N2S/c1-11(2)13-5-7-14(8-6-13)16-12(3)19-15(18-16)9-10-17-4/h5-8,11,17H,9-10H2,1-4H3. The Morgan fingerprint density at radius 2 is 1.89 bits per heavy atom. The van der Waals surface area contributed by atoms with Crippen LogP contribution in [0.15, 0.2) is 24.3 Å². The second kappa shape index (κ2) is 6.31. The summed E-state index contributed by atoms with van der Waals surface area (Å²) in [5, 5.41) is 4.39. The molecular formula is C16H22N2S. The minimum atomic E-state index is 0.580. The van der Waals surface area contributed by atoms with E-state index < -0.39 is 0 Å². The maximum Gasteiger partial charge on any atom is 0.0948 e. The van der Waals surface area contributed by atoms with E-state index in [1.807, 2.05) is 18.4 Å². The van der Waals surface area contributed by atoms with E-state index in [9.17, 15) is 0 Å². The van der Waals surface area contributed by atoms with Crippen molar-refractivity contribution in [2.24, 2.45) is 0 Å². The number of aryl methyl sites for hydroxylation is 1. The third kappa shape index (κ3) is 3.43. The molecule has 0 saturated carbocycles. The fourth-order valence-electron chi connectivity index (χ4n) is 2.08. The molecule has 0 radical (unpaired) electrons. The molecule has 0 aliphatic carbocycles. The van der Waals surface area contributed by atoms with Gasteiger partial charge >= 0.3 is 0 Å². The van der Waals surface area contributed by atoms with Crippen molar-refractivity contribution in [2.45, 2.75) is 33.1 Å². The average Bonchev–Trinajstić information content (AvgIpc) is 2.77. The Bertz CT molecular complexity index is 526. The van der Waals surface area contributed by atoms with Gasteiger partial charge in [-0.2, -0.15) is 0 Å². The van der Waals surface area contributed by atoms with Crippen LogP contribution in [0.5, 0.6) is 0 Å². The second-order valence-corrected chi connectivity index (χ2v) is 6.43. The third-order valence-corrected chi connectivity index (χ3v) is 4.31. The summed E-state index contributed by atoms with van der Waals surface area (Å²) < 4.78 is 0. The number of likely N-dealkylation sites (N-methyl/N-ethyl adjacent to an activating group) is 1. The van der Waals surface area contributed by atoms with Crippen LogP contribution in [-0.4, -0.2) is 18.6 Å². The third-order valence-electron chi connectivity index (χ3n) is 3.28. The molecule has 0 aliphatic heterocycles. The monoisotopic (exact) mass is 274 g/mol. The molecule has 0 amide bonds. The van der Waals surface area contributed by atoms with Gasteiger partial charge in [0.25, 0.3) is 0 Å². The van der Waals surface area contributed by atoms with Crippen molar-refractivity contribution >= 4 is 11.3 Å². The predicted octanol–water partition coefficient (Wildman–Crippen LogP) is 4.00. The number of rotatable bonds is 5. The predicted molar refractivity (Wildman–Crippen MR) is 84.0 cm³/mol. The molecule has 0 aliphatic rings. The lowest BCUT2D eigenvalue weighted by molar-refractivity contribution is 0.788. The number of hydrogen-bond donors (Lipinski definition) is 1. The van der Waals surface area contributed by atoms with Gasteiger partial charge in [0.05, 0.1) is 10.7 Å². The van der Waals surface area contributed by atoms with Crippen LogP contribution in [0.2, 0.25) is 0 Å². The van der Waals surface area contributed by atoms with Gasteiger partial charge in [0.2, 0.25) is 0 Å². The molecule has 2 nitrogen and oxygen atoms in total. The van der Waals surface area contributed by atoms with Gasteiger partial charge in [0.15, 0.2) is 0 Å². The molecule has 0 saturated heterocycles. The number of nitrogens with one attached hydrogen (secondary N) is 1. The minimum Gasteiger partial charge on any atom is -0.319 e. The van der Waals surface area contributed by atoms with Crippen molar-refractivity contribution in [3.63, 3.8) is 0 Å². The van der Waals surface area contributed by atoms with Crippen LogP contribution in [0, 0.1) is 6.92 Å². The van der Waals surface area contributed by atoms with Gasteiger partial charge in [-0.3, -0.25) is 0 Å². The first-order valence-corrected chi connectivity index (χ1v) is 7.64. The topological polar surface area (TPSA) is 24.9 Å². The van der Waals surface area contributed by atoms with E-state index in [0.717, 1.165) is 18.7 Å². The molecule has 0 unspecified atom stereocenters. The van der Waals surface area contributed by atoms with E-state index in [2.05, 4.69) is 50.4 Å². The zero-order valence-corrected chi connectivity index (χ0v) is 13.0. The summed E-state index contributed by atoms with van der Waals surface area (Å²) in [4.78, 5) is 6.08. The molecule has 1 N–H and O–H groups in total. The highest BCUT2D eigenvalue weighted by atomic mass is 32.1. The quantitative estimate of drug-likeness (QED) is 0.891. The number of aromatic nitrogens is 1. The zero-order valence-electron chi connectivity index (χ0n) is 12.2. The summed E-state index contributed by atoms with van der Waals surface area (Å²) in [6.07, 6.45) is 1.01. The van der Waals surface area contributed by atoms with E-state index in [-0.39, 0.29) is 0 Å². The van der Waals surface area contributed by atoms with Crippen molar-refractivity contribution in [3.05, 3.63) is 39.7 Å². The Labute approximate surface area is 119 Å². The van der Waals surface area contributed by atoms with Crippen LogP contribution in [-0.2, 0) is 6.42 Å². The number of hydrogen-bond acceptors (Lipinski definition) is 3. The van der Waals surface area contributed by atoms with Gasteiger partial charge in [-0.25, -0.2) is 4.98 Å². The molecule has 2 aromatic rings. The first-order chi connectivity index (χ1) is 9.11. The second-order valence-electron chi connectivity index (χ2n) is 5.14. The van der Waals surface area contributed by atoms with Crippen LogP contribution in [0.4, 0.5) is 0 Å². The Balaban J connectivity index is 2.23. The van der Waals surface area contributed by atoms with Crippen molar-refractivity contribution < 1.29 is 0 Å². The average molecular weight is 274 g/mol. The molecule has 19 heavy (non-hydrogen) atoms. The first-order valence-electron chi connectivity index (χ1n) is 6.83. The molecule has 0 fully saturated rings. The summed E-state index contributed by atoms with van der Waals surface area (Å²) in [5.74, 6) is 0.580. The van der Waals surface area contributed by atoms with E-state index >= 15 is 0 Å². The summed E-state index contributed by atoms with van der Waals surface area (Å²) in [5.41, 5.74) is 3.76. The Kier molecular flexibility index (Phi) is 4.72. The first kappa shape index (κ1) is 14.2. The SMILES string of the molecule is CNCCc1nc(-c2ccc(C(C)C)cc2)c(C)s1. The lowest BCUT2D eigenvalue weighted by Gasteiger charge is -2.06. The molecule has 0 spiro atoms. The van der Waals surface area contributed by atoms with Crippen LogP contribution in [0.3, 0.4) is 0 Å². The maximum absolute atomic E-state index is 4.77. The minimum absolute atomic E-state index is 0.580. The van der Waals surface area contributed by atoms with Crippen molar-refractivity contribution in [3.8, 4) is 11.3 Å². The smallest absolute Gasteiger partial charge is 0.0948 e. The van der Waals surface area contributed by atoms with Crippen molar-refractivity contribution in [1.82, 2.24) is 10.3 Å². The Morgan fingerprint density at radius 1 is 1.21 bits per heavy atom. The number of thiazole rings is 1. The highest BCUT2D eigenvalue weighted by molar-refractivity contribution is 7.12. The van der Waals surface area contributed by atoms with Gasteiger partial charge in [0, 0.05) is 23.4 Å². The fourth-order valence-corrected chi connectivity index (χ4v) is 3.04. The van der Waals surface area contributed by atoms with Crippen LogP contribution >= 0.6 is 11.3 Å². The fraction of sp³-hybridized carbons (Fsp3) is 0.438. The van der Waals surface area contributed by atoms with E-state index in [4.69, 9.17) is 4.98 Å². The molecule has 1 heterocycles. The number of benzene rings is 1. The highest BCUT2D eigenvalue weighted by Gasteiger charge is 2.10. The Hall–Kier alpha value is -1.19. The molecule has 102 valence electrons. The molecule has 0 bridgehead atoms. The zero-order chi connectivity index (χ0) is 13.8. The number of nitrogens with zero attached hydrogens (tertiary/aromatic N) is 1. The van der Waals surface area contributed by atoms with E-state index in [1.54, 1.807) is 0 Å². The molecule has 3 heteroatoms. The molecule has 0 atom stereocenters. The van der Waals surface area contributed by atoms with Gasteiger partial charge in [-0.15, -0.1) is 11.3 Å². The van der Waals surface area contributed by atoms with E-state index in [1.165, 1.54) is 21.0 Å². The summed E-state index contributed by atoms with van der Waals surface area (Å²) in [6, 6.07) is 8.82. The maximum atomic E-state index is 4.77. The van der Waals surface area contributed by atoms with Gasteiger partial charge in [-0.05, 0) is 25.5 Å². The largest absolute Gasteiger partial charge is 0.319 e.